The van der Waals surface area contributed by atoms with E-state index in [-0.39, 0.29) is 16.9 Å². The molecule has 28 heavy (non-hydrogen) atoms. The third-order valence-electron chi connectivity index (χ3n) is 3.68. The highest BCUT2D eigenvalue weighted by molar-refractivity contribution is 7.80. The van der Waals surface area contributed by atoms with E-state index in [2.05, 4.69) is 20.9 Å². The number of nitrogens with one attached hydrogen (secondary N) is 3. The van der Waals surface area contributed by atoms with Crippen LogP contribution < -0.4 is 16.0 Å². The summed E-state index contributed by atoms with van der Waals surface area (Å²) in [5.74, 6) is -0.399. The number of fused-ring (bicyclic) bond motifs is 1. The van der Waals surface area contributed by atoms with Crippen molar-refractivity contribution >= 4 is 73.1 Å². The molecule has 9 heteroatoms. The van der Waals surface area contributed by atoms with Crippen LogP contribution in [0.4, 0.5) is 10.8 Å². The standard InChI is InChI=1S/C19H17ClN4O2S2/c1-2-4-16(25)23-19-22-14-8-7-13(10-15(14)28-19)21-18(27)24-17(26)11-5-3-6-12(20)9-11/h3,5-10H,2,4H2,1H3,(H,22,23,25)(H2,21,24,26,27). The predicted molar refractivity (Wildman–Crippen MR) is 118 cm³/mol. The Morgan fingerprint density at radius 2 is 2.00 bits per heavy atom. The Bertz CT molecular complexity index is 1050. The summed E-state index contributed by atoms with van der Waals surface area (Å²) in [6, 6.07) is 12.1. The zero-order valence-corrected chi connectivity index (χ0v) is 17.3. The van der Waals surface area contributed by atoms with Crippen molar-refractivity contribution in [1.29, 1.82) is 0 Å². The summed E-state index contributed by atoms with van der Waals surface area (Å²) < 4.78 is 0.890. The van der Waals surface area contributed by atoms with Gasteiger partial charge in [-0.05, 0) is 55.0 Å². The van der Waals surface area contributed by atoms with E-state index in [1.165, 1.54) is 11.3 Å². The highest BCUT2D eigenvalue weighted by atomic mass is 35.5. The van der Waals surface area contributed by atoms with Gasteiger partial charge >= 0.3 is 0 Å². The summed E-state index contributed by atoms with van der Waals surface area (Å²) in [6.07, 6.45) is 1.24. The lowest BCUT2D eigenvalue weighted by atomic mass is 10.2. The molecule has 144 valence electrons. The molecule has 1 heterocycles. The molecule has 0 saturated carbocycles. The Morgan fingerprint density at radius 3 is 2.75 bits per heavy atom. The van der Waals surface area contributed by atoms with Gasteiger partial charge in [0.1, 0.15) is 0 Å². The highest BCUT2D eigenvalue weighted by Gasteiger charge is 2.10. The molecule has 0 bridgehead atoms. The average molecular weight is 433 g/mol. The van der Waals surface area contributed by atoms with E-state index in [9.17, 15) is 9.59 Å². The molecule has 0 atom stereocenters. The molecule has 0 saturated heterocycles. The van der Waals surface area contributed by atoms with Crippen LogP contribution in [0.5, 0.6) is 0 Å². The Kier molecular flexibility index (Phi) is 6.56. The second-order valence-corrected chi connectivity index (χ2v) is 7.79. The lowest BCUT2D eigenvalue weighted by Crippen LogP contribution is -2.34. The fourth-order valence-electron chi connectivity index (χ4n) is 2.43. The number of amides is 2. The SMILES string of the molecule is CCCC(=O)Nc1nc2ccc(NC(=S)NC(=O)c3cccc(Cl)c3)cc2s1. The van der Waals surface area contributed by atoms with Gasteiger partial charge in [-0.25, -0.2) is 4.98 Å². The molecular formula is C19H17ClN4O2S2. The fourth-order valence-corrected chi connectivity index (χ4v) is 3.75. The van der Waals surface area contributed by atoms with Gasteiger partial charge in [0.05, 0.1) is 10.2 Å². The Morgan fingerprint density at radius 1 is 1.18 bits per heavy atom. The number of carbonyl (C=O) groups is 2. The fraction of sp³-hybridized carbons (Fsp3) is 0.158. The average Bonchev–Trinajstić information content (AvgIpc) is 3.03. The van der Waals surface area contributed by atoms with Gasteiger partial charge in [-0.15, -0.1) is 0 Å². The normalized spacial score (nSPS) is 10.5. The summed E-state index contributed by atoms with van der Waals surface area (Å²) >= 11 is 12.5. The van der Waals surface area contributed by atoms with Crippen molar-refractivity contribution in [2.24, 2.45) is 0 Å². The maximum atomic E-state index is 12.2. The number of thiocarbonyl (C=S) groups is 1. The van der Waals surface area contributed by atoms with E-state index in [1.54, 1.807) is 30.3 Å². The highest BCUT2D eigenvalue weighted by Crippen LogP contribution is 2.28. The van der Waals surface area contributed by atoms with E-state index in [4.69, 9.17) is 23.8 Å². The largest absolute Gasteiger partial charge is 0.332 e. The molecule has 0 aliphatic rings. The molecule has 0 unspecified atom stereocenters. The first-order valence-electron chi connectivity index (χ1n) is 8.53. The van der Waals surface area contributed by atoms with Crippen molar-refractivity contribution in [1.82, 2.24) is 10.3 Å². The second kappa shape index (κ2) is 9.09. The van der Waals surface area contributed by atoms with E-state index >= 15 is 0 Å². The first-order chi connectivity index (χ1) is 13.4. The van der Waals surface area contributed by atoms with Crippen LogP contribution in [0.25, 0.3) is 10.2 Å². The number of rotatable bonds is 5. The first-order valence-corrected chi connectivity index (χ1v) is 10.1. The van der Waals surface area contributed by atoms with E-state index in [0.717, 1.165) is 16.6 Å². The zero-order valence-electron chi connectivity index (χ0n) is 14.9. The Hall–Kier alpha value is -2.55. The van der Waals surface area contributed by atoms with Gasteiger partial charge in [-0.1, -0.05) is 35.9 Å². The molecule has 3 N–H and O–H groups in total. The summed E-state index contributed by atoms with van der Waals surface area (Å²) in [5.41, 5.74) is 1.90. The smallest absolute Gasteiger partial charge is 0.257 e. The number of benzene rings is 2. The minimum absolute atomic E-state index is 0.0511. The maximum absolute atomic E-state index is 12.2. The first kappa shape index (κ1) is 20.2. The van der Waals surface area contributed by atoms with Crippen LogP contribution in [-0.2, 0) is 4.79 Å². The summed E-state index contributed by atoms with van der Waals surface area (Å²) in [6.45, 7) is 1.95. The number of halogens is 1. The van der Waals surface area contributed by atoms with Crippen molar-refractivity contribution in [2.75, 3.05) is 10.6 Å². The van der Waals surface area contributed by atoms with Gasteiger partial charge in [-0.2, -0.15) is 0 Å². The summed E-state index contributed by atoms with van der Waals surface area (Å²) in [7, 11) is 0. The van der Waals surface area contributed by atoms with Crippen molar-refractivity contribution in [3.05, 3.63) is 53.1 Å². The number of aromatic nitrogens is 1. The molecular weight excluding hydrogens is 416 g/mol. The van der Waals surface area contributed by atoms with Gasteiger partial charge in [0.15, 0.2) is 10.2 Å². The van der Waals surface area contributed by atoms with Crippen molar-refractivity contribution < 1.29 is 9.59 Å². The number of carbonyl (C=O) groups excluding carboxylic acids is 2. The Labute approximate surface area is 176 Å². The molecule has 0 spiro atoms. The van der Waals surface area contributed by atoms with E-state index < -0.39 is 0 Å². The Balaban J connectivity index is 1.65. The zero-order chi connectivity index (χ0) is 20.1. The van der Waals surface area contributed by atoms with Crippen LogP contribution in [0.3, 0.4) is 0 Å². The van der Waals surface area contributed by atoms with Crippen LogP contribution in [0.2, 0.25) is 5.02 Å². The van der Waals surface area contributed by atoms with Gasteiger partial charge in [0.25, 0.3) is 5.91 Å². The molecule has 0 fully saturated rings. The van der Waals surface area contributed by atoms with Crippen molar-refractivity contribution in [2.45, 2.75) is 19.8 Å². The number of hydrogen-bond acceptors (Lipinski definition) is 5. The van der Waals surface area contributed by atoms with Gasteiger partial charge < -0.3 is 10.6 Å². The van der Waals surface area contributed by atoms with Crippen LogP contribution in [0.1, 0.15) is 30.1 Å². The van der Waals surface area contributed by atoms with Crippen LogP contribution in [0.15, 0.2) is 42.5 Å². The van der Waals surface area contributed by atoms with Gasteiger partial charge in [-0.3, -0.25) is 14.9 Å². The molecule has 0 radical (unpaired) electrons. The molecule has 2 aromatic carbocycles. The number of hydrogen-bond donors (Lipinski definition) is 3. The molecule has 2 amide bonds. The molecule has 0 aliphatic carbocycles. The quantitative estimate of drug-likeness (QED) is 0.503. The summed E-state index contributed by atoms with van der Waals surface area (Å²) in [4.78, 5) is 28.3. The molecule has 6 nitrogen and oxygen atoms in total. The van der Waals surface area contributed by atoms with Gasteiger partial charge in [0.2, 0.25) is 5.91 Å². The monoisotopic (exact) mass is 432 g/mol. The molecule has 1 aromatic heterocycles. The minimum atomic E-state index is -0.347. The third-order valence-corrected chi connectivity index (χ3v) is 5.06. The molecule has 0 aliphatic heterocycles. The van der Waals surface area contributed by atoms with Gasteiger partial charge in [0, 0.05) is 22.7 Å². The van der Waals surface area contributed by atoms with E-state index in [1.807, 2.05) is 19.1 Å². The number of anilines is 2. The topological polar surface area (TPSA) is 83.1 Å². The number of nitrogens with zero attached hydrogens (tertiary/aromatic N) is 1. The predicted octanol–water partition coefficient (Wildman–Crippen LogP) is 4.82. The molecule has 3 aromatic rings. The number of thiazole rings is 1. The van der Waals surface area contributed by atoms with Crippen molar-refractivity contribution in [3.63, 3.8) is 0 Å². The van der Waals surface area contributed by atoms with E-state index in [0.29, 0.717) is 27.8 Å². The maximum Gasteiger partial charge on any atom is 0.257 e. The lowest BCUT2D eigenvalue weighted by molar-refractivity contribution is -0.116. The van der Waals surface area contributed by atoms with Crippen LogP contribution in [0, 0.1) is 0 Å². The summed E-state index contributed by atoms with van der Waals surface area (Å²) in [5, 5.41) is 9.60. The van der Waals surface area contributed by atoms with Crippen molar-refractivity contribution in [3.8, 4) is 0 Å². The molecule has 3 rings (SSSR count). The van der Waals surface area contributed by atoms with Crippen LogP contribution >= 0.6 is 35.2 Å². The second-order valence-electron chi connectivity index (χ2n) is 5.92. The van der Waals surface area contributed by atoms with Crippen LogP contribution in [-0.4, -0.2) is 21.9 Å². The minimum Gasteiger partial charge on any atom is -0.332 e. The lowest BCUT2D eigenvalue weighted by Gasteiger charge is -2.09. The third kappa shape index (κ3) is 5.25.